The smallest absolute Gasteiger partial charge is 0.217 e. The maximum Gasteiger partial charge on any atom is 0.217 e. The van der Waals surface area contributed by atoms with Crippen molar-refractivity contribution in [2.24, 2.45) is 10.2 Å². The standard InChI is InChI=1S/C15H15N2O3S/c18-15(17-16-14-9-5-2-6-10-14)12-21(19,20)11-13-7-3-1-4-8-13/h1-10,15H,11-12H2. The van der Waals surface area contributed by atoms with Crippen molar-refractivity contribution in [3.8, 4) is 0 Å². The van der Waals surface area contributed by atoms with Crippen LogP contribution in [0.2, 0.25) is 0 Å². The van der Waals surface area contributed by atoms with Gasteiger partial charge in [0.25, 0.3) is 0 Å². The van der Waals surface area contributed by atoms with E-state index in [0.29, 0.717) is 11.3 Å². The molecule has 0 bridgehead atoms. The van der Waals surface area contributed by atoms with Crippen LogP contribution in [-0.4, -0.2) is 20.4 Å². The van der Waals surface area contributed by atoms with Crippen LogP contribution in [-0.2, 0) is 20.7 Å². The van der Waals surface area contributed by atoms with E-state index < -0.39 is 21.8 Å². The third-order valence-electron chi connectivity index (χ3n) is 2.68. The lowest BCUT2D eigenvalue weighted by Gasteiger charge is -2.05. The average Bonchev–Trinajstić information content (AvgIpc) is 2.46. The van der Waals surface area contributed by atoms with Gasteiger partial charge in [0, 0.05) is 0 Å². The highest BCUT2D eigenvalue weighted by molar-refractivity contribution is 7.90. The van der Waals surface area contributed by atoms with Gasteiger partial charge in [-0.25, -0.2) is 13.5 Å². The van der Waals surface area contributed by atoms with Gasteiger partial charge in [-0.2, -0.15) is 10.2 Å². The lowest BCUT2D eigenvalue weighted by molar-refractivity contribution is 0.110. The van der Waals surface area contributed by atoms with Gasteiger partial charge in [-0.15, -0.1) is 0 Å². The highest BCUT2D eigenvalue weighted by Gasteiger charge is 2.18. The molecular weight excluding hydrogens is 288 g/mol. The molecule has 0 spiro atoms. The minimum atomic E-state index is -3.50. The second-order valence-corrected chi connectivity index (χ2v) is 6.65. The molecule has 5 nitrogen and oxygen atoms in total. The Labute approximate surface area is 123 Å². The quantitative estimate of drug-likeness (QED) is 0.768. The molecule has 0 N–H and O–H groups in total. The minimum absolute atomic E-state index is 0.159. The van der Waals surface area contributed by atoms with Crippen molar-refractivity contribution in [2.45, 2.75) is 12.0 Å². The monoisotopic (exact) mass is 303 g/mol. The van der Waals surface area contributed by atoms with Crippen LogP contribution in [0.25, 0.3) is 0 Å². The summed E-state index contributed by atoms with van der Waals surface area (Å²) in [5.74, 6) is -0.717. The fourth-order valence-electron chi connectivity index (χ4n) is 1.76. The summed E-state index contributed by atoms with van der Waals surface area (Å²) < 4.78 is 23.8. The van der Waals surface area contributed by atoms with Crippen molar-refractivity contribution in [1.29, 1.82) is 0 Å². The first-order valence-electron chi connectivity index (χ1n) is 6.41. The molecule has 1 atom stereocenters. The third-order valence-corrected chi connectivity index (χ3v) is 4.25. The van der Waals surface area contributed by atoms with E-state index in [2.05, 4.69) is 10.2 Å². The highest BCUT2D eigenvalue weighted by Crippen LogP contribution is 2.12. The Bertz CT molecular complexity index is 685. The zero-order valence-corrected chi connectivity index (χ0v) is 12.1. The molecule has 0 amide bonds. The fourth-order valence-corrected chi connectivity index (χ4v) is 3.08. The van der Waals surface area contributed by atoms with E-state index in [9.17, 15) is 13.5 Å². The van der Waals surface area contributed by atoms with Crippen molar-refractivity contribution in [3.05, 3.63) is 66.2 Å². The van der Waals surface area contributed by atoms with Crippen LogP contribution in [0.15, 0.2) is 70.9 Å². The van der Waals surface area contributed by atoms with E-state index >= 15 is 0 Å². The van der Waals surface area contributed by atoms with Crippen molar-refractivity contribution >= 4 is 15.5 Å². The number of benzene rings is 2. The second-order valence-electron chi connectivity index (χ2n) is 4.55. The normalized spacial score (nSPS) is 13.4. The Kier molecular flexibility index (Phi) is 5.19. The molecule has 0 aromatic heterocycles. The van der Waals surface area contributed by atoms with Crippen molar-refractivity contribution in [3.63, 3.8) is 0 Å². The van der Waals surface area contributed by atoms with Gasteiger partial charge in [0.15, 0.2) is 9.84 Å². The molecule has 2 rings (SSSR count). The van der Waals surface area contributed by atoms with Crippen LogP contribution >= 0.6 is 0 Å². The zero-order valence-electron chi connectivity index (χ0n) is 11.3. The van der Waals surface area contributed by atoms with Gasteiger partial charge >= 0.3 is 0 Å². The van der Waals surface area contributed by atoms with Crippen LogP contribution in [0, 0.1) is 0 Å². The number of hydrogen-bond acceptors (Lipinski definition) is 4. The summed E-state index contributed by atoms with van der Waals surface area (Å²) in [5.41, 5.74) is 1.18. The highest BCUT2D eigenvalue weighted by atomic mass is 32.2. The molecule has 1 unspecified atom stereocenters. The molecule has 109 valence electrons. The van der Waals surface area contributed by atoms with Gasteiger partial charge in [0.1, 0.15) is 5.75 Å². The molecule has 21 heavy (non-hydrogen) atoms. The molecule has 6 heteroatoms. The van der Waals surface area contributed by atoms with E-state index in [4.69, 9.17) is 0 Å². The largest absolute Gasteiger partial charge is 0.228 e. The van der Waals surface area contributed by atoms with Crippen LogP contribution in [0.4, 0.5) is 5.69 Å². The second kappa shape index (κ2) is 7.10. The molecule has 1 radical (unpaired) electrons. The molecule has 0 aliphatic heterocycles. The zero-order chi connectivity index (χ0) is 15.1. The van der Waals surface area contributed by atoms with E-state index in [1.807, 2.05) is 6.07 Å². The van der Waals surface area contributed by atoms with E-state index in [-0.39, 0.29) is 5.75 Å². The maximum absolute atomic E-state index is 11.9. The Morgan fingerprint density at radius 2 is 1.48 bits per heavy atom. The molecule has 2 aromatic carbocycles. The molecule has 0 saturated carbocycles. The molecule has 2 aromatic rings. The topological polar surface area (TPSA) is 78.8 Å². The van der Waals surface area contributed by atoms with Gasteiger partial charge < -0.3 is 0 Å². The Morgan fingerprint density at radius 1 is 0.905 bits per heavy atom. The predicted octanol–water partition coefficient (Wildman–Crippen LogP) is 3.14. The van der Waals surface area contributed by atoms with E-state index in [1.54, 1.807) is 54.6 Å². The number of nitrogens with zero attached hydrogens (tertiary/aromatic N) is 2. The molecular formula is C15H15N2O3S. The predicted molar refractivity (Wildman–Crippen MR) is 79.4 cm³/mol. The lowest BCUT2D eigenvalue weighted by atomic mass is 10.2. The van der Waals surface area contributed by atoms with Crippen LogP contribution in [0.3, 0.4) is 0 Å². The number of azo groups is 1. The summed E-state index contributed by atoms with van der Waals surface area (Å²) in [6.07, 6.45) is -1.61. The summed E-state index contributed by atoms with van der Waals surface area (Å²) in [5, 5.41) is 18.9. The van der Waals surface area contributed by atoms with Crippen LogP contribution in [0.1, 0.15) is 5.56 Å². The van der Waals surface area contributed by atoms with Gasteiger partial charge in [0.05, 0.1) is 11.4 Å². The number of sulfone groups is 1. The first-order valence-corrected chi connectivity index (χ1v) is 8.23. The SMILES string of the molecule is [O]C(CS(=O)(=O)Cc1ccccc1)N=Nc1ccccc1. The first kappa shape index (κ1) is 15.3. The van der Waals surface area contributed by atoms with Crippen LogP contribution < -0.4 is 0 Å². The summed E-state index contributed by atoms with van der Waals surface area (Å²) >= 11 is 0. The van der Waals surface area contributed by atoms with Gasteiger partial charge in [0.2, 0.25) is 6.23 Å². The van der Waals surface area contributed by atoms with Gasteiger partial charge in [-0.05, 0) is 17.7 Å². The molecule has 0 aliphatic carbocycles. The fraction of sp³-hybridized carbons (Fsp3) is 0.200. The molecule has 0 heterocycles. The lowest BCUT2D eigenvalue weighted by Crippen LogP contribution is -2.19. The molecule has 0 fully saturated rings. The summed E-state index contributed by atoms with van der Waals surface area (Å²) in [6, 6.07) is 17.5. The van der Waals surface area contributed by atoms with Crippen molar-refractivity contribution < 1.29 is 13.5 Å². The summed E-state index contributed by atoms with van der Waals surface area (Å²) in [7, 11) is -3.50. The maximum atomic E-state index is 11.9. The Hall–Kier alpha value is -2.05. The number of rotatable bonds is 6. The van der Waals surface area contributed by atoms with Gasteiger partial charge in [-0.1, -0.05) is 48.5 Å². The van der Waals surface area contributed by atoms with Crippen molar-refractivity contribution in [2.75, 3.05) is 5.75 Å². The minimum Gasteiger partial charge on any atom is -0.228 e. The average molecular weight is 303 g/mol. The summed E-state index contributed by atoms with van der Waals surface area (Å²) in [4.78, 5) is 0. The third kappa shape index (κ3) is 5.45. The Balaban J connectivity index is 1.95. The van der Waals surface area contributed by atoms with E-state index in [0.717, 1.165) is 0 Å². The number of hydrogen-bond donors (Lipinski definition) is 0. The van der Waals surface area contributed by atoms with Gasteiger partial charge in [-0.3, -0.25) is 0 Å². The van der Waals surface area contributed by atoms with E-state index in [1.165, 1.54) is 0 Å². The molecule has 0 saturated heterocycles. The Morgan fingerprint density at radius 3 is 2.10 bits per heavy atom. The first-order chi connectivity index (χ1) is 10.1. The summed E-state index contributed by atoms with van der Waals surface area (Å²) in [6.45, 7) is 0. The van der Waals surface area contributed by atoms with Crippen molar-refractivity contribution in [1.82, 2.24) is 0 Å². The van der Waals surface area contributed by atoms with Crippen LogP contribution in [0.5, 0.6) is 0 Å². The molecule has 0 aliphatic rings.